The van der Waals surface area contributed by atoms with Crippen molar-refractivity contribution in [3.05, 3.63) is 58.4 Å². The number of para-hydroxylation sites is 1. The average Bonchev–Trinajstić information content (AvgIpc) is 2.47. The Morgan fingerprint density at radius 2 is 2.10 bits per heavy atom. The maximum absolute atomic E-state index is 13.5. The topological polar surface area (TPSA) is 61.5 Å². The number of benzene rings is 2. The van der Waals surface area contributed by atoms with Crippen molar-refractivity contribution >= 4 is 23.3 Å². The van der Waals surface area contributed by atoms with E-state index in [4.69, 9.17) is 26.8 Å². The summed E-state index contributed by atoms with van der Waals surface area (Å²) in [4.78, 5) is 11.9. The smallest absolute Gasteiger partial charge is 0.340 e. The van der Waals surface area contributed by atoms with Gasteiger partial charge in [-0.05, 0) is 29.8 Å². The summed E-state index contributed by atoms with van der Waals surface area (Å²) in [6, 6.07) is 9.00. The molecule has 110 valence electrons. The minimum atomic E-state index is -0.619. The molecule has 0 aliphatic heterocycles. The summed E-state index contributed by atoms with van der Waals surface area (Å²) in [5.41, 5.74) is 6.54. The van der Waals surface area contributed by atoms with Gasteiger partial charge in [-0.3, -0.25) is 0 Å². The summed E-state index contributed by atoms with van der Waals surface area (Å²) in [6.45, 7) is -0.0777. The summed E-state index contributed by atoms with van der Waals surface area (Å²) in [7, 11) is 1.38. The maximum Gasteiger partial charge on any atom is 0.340 e. The van der Waals surface area contributed by atoms with Crippen LogP contribution in [-0.4, -0.2) is 13.1 Å². The van der Waals surface area contributed by atoms with E-state index in [1.54, 1.807) is 18.2 Å². The molecule has 0 spiro atoms. The summed E-state index contributed by atoms with van der Waals surface area (Å²) < 4.78 is 23.4. The minimum absolute atomic E-state index is 0.0777. The first kappa shape index (κ1) is 15.1. The summed E-state index contributed by atoms with van der Waals surface area (Å²) in [6.07, 6.45) is 0. The van der Waals surface area contributed by atoms with Crippen molar-refractivity contribution < 1.29 is 18.7 Å². The van der Waals surface area contributed by atoms with E-state index in [2.05, 4.69) is 0 Å². The lowest BCUT2D eigenvalue weighted by atomic mass is 10.2. The number of ether oxygens (including phenoxy) is 2. The predicted octanol–water partition coefficient (Wildman–Crippen LogP) is 3.43. The molecule has 21 heavy (non-hydrogen) atoms. The van der Waals surface area contributed by atoms with Crippen molar-refractivity contribution in [2.24, 2.45) is 0 Å². The largest absolute Gasteiger partial charge is 0.494 e. The second-order valence-electron chi connectivity index (χ2n) is 4.25. The normalized spacial score (nSPS) is 10.2. The van der Waals surface area contributed by atoms with Gasteiger partial charge in [0.25, 0.3) is 0 Å². The van der Waals surface area contributed by atoms with E-state index in [0.29, 0.717) is 5.56 Å². The molecular formula is C15H13ClFNO3. The molecule has 4 nitrogen and oxygen atoms in total. The number of esters is 1. The van der Waals surface area contributed by atoms with Gasteiger partial charge in [-0.25, -0.2) is 9.18 Å². The van der Waals surface area contributed by atoms with Crippen LogP contribution in [-0.2, 0) is 11.3 Å². The van der Waals surface area contributed by atoms with Crippen molar-refractivity contribution in [3.63, 3.8) is 0 Å². The Hall–Kier alpha value is -2.27. The minimum Gasteiger partial charge on any atom is -0.494 e. The first-order valence-electron chi connectivity index (χ1n) is 6.06. The SMILES string of the molecule is COc1ccc(COC(=O)c2cccc(Cl)c2N)cc1F. The molecule has 6 heteroatoms. The number of hydrogen-bond donors (Lipinski definition) is 1. The Morgan fingerprint density at radius 3 is 2.76 bits per heavy atom. The molecule has 0 fully saturated rings. The quantitative estimate of drug-likeness (QED) is 0.694. The first-order valence-corrected chi connectivity index (χ1v) is 6.44. The lowest BCUT2D eigenvalue weighted by Crippen LogP contribution is -2.08. The van der Waals surface area contributed by atoms with Crippen molar-refractivity contribution in [2.45, 2.75) is 6.61 Å². The van der Waals surface area contributed by atoms with Gasteiger partial charge in [0, 0.05) is 0 Å². The maximum atomic E-state index is 13.5. The number of halogens is 2. The predicted molar refractivity (Wildman–Crippen MR) is 77.9 cm³/mol. The molecule has 2 rings (SSSR count). The fourth-order valence-electron chi connectivity index (χ4n) is 1.74. The number of carbonyl (C=O) groups is 1. The highest BCUT2D eigenvalue weighted by Crippen LogP contribution is 2.23. The Morgan fingerprint density at radius 1 is 1.33 bits per heavy atom. The molecule has 0 aliphatic carbocycles. The zero-order chi connectivity index (χ0) is 15.4. The van der Waals surface area contributed by atoms with Crippen molar-refractivity contribution in [2.75, 3.05) is 12.8 Å². The van der Waals surface area contributed by atoms with Gasteiger partial charge in [0.1, 0.15) is 6.61 Å². The third-order valence-electron chi connectivity index (χ3n) is 2.86. The number of nitrogen functional groups attached to an aromatic ring is 1. The Bertz CT molecular complexity index is 676. The van der Waals surface area contributed by atoms with Crippen LogP contribution in [0.4, 0.5) is 10.1 Å². The molecule has 0 saturated heterocycles. The molecule has 2 aromatic rings. The summed E-state index contributed by atoms with van der Waals surface area (Å²) >= 11 is 5.83. The zero-order valence-electron chi connectivity index (χ0n) is 11.2. The first-order chi connectivity index (χ1) is 10.0. The summed E-state index contributed by atoms with van der Waals surface area (Å²) in [5.74, 6) is -1.01. The summed E-state index contributed by atoms with van der Waals surface area (Å²) in [5, 5.41) is 0.278. The highest BCUT2D eigenvalue weighted by Gasteiger charge is 2.13. The van der Waals surface area contributed by atoms with Crippen LogP contribution < -0.4 is 10.5 Å². The van der Waals surface area contributed by atoms with E-state index < -0.39 is 11.8 Å². The number of anilines is 1. The van der Waals surface area contributed by atoms with E-state index in [1.165, 1.54) is 25.3 Å². The highest BCUT2D eigenvalue weighted by atomic mass is 35.5. The van der Waals surface area contributed by atoms with Crippen LogP contribution >= 0.6 is 11.6 Å². The molecule has 2 aromatic carbocycles. The zero-order valence-corrected chi connectivity index (χ0v) is 12.0. The Kier molecular flexibility index (Phi) is 4.65. The number of rotatable bonds is 4. The van der Waals surface area contributed by atoms with Crippen LogP contribution in [0.1, 0.15) is 15.9 Å². The Balaban J connectivity index is 2.07. The van der Waals surface area contributed by atoms with E-state index >= 15 is 0 Å². The van der Waals surface area contributed by atoms with Gasteiger partial charge in [-0.15, -0.1) is 0 Å². The van der Waals surface area contributed by atoms with Crippen LogP contribution in [0.25, 0.3) is 0 Å². The lowest BCUT2D eigenvalue weighted by Gasteiger charge is -2.09. The average molecular weight is 310 g/mol. The standard InChI is InChI=1S/C15H13ClFNO3/c1-20-13-6-5-9(7-12(13)17)8-21-15(19)10-3-2-4-11(16)14(10)18/h2-7H,8,18H2,1H3. The molecule has 0 atom stereocenters. The van der Waals surface area contributed by atoms with Crippen molar-refractivity contribution in [1.82, 2.24) is 0 Å². The fourth-order valence-corrected chi connectivity index (χ4v) is 1.92. The van der Waals surface area contributed by atoms with Crippen molar-refractivity contribution in [1.29, 1.82) is 0 Å². The third kappa shape index (κ3) is 3.44. The molecule has 0 aliphatic rings. The lowest BCUT2D eigenvalue weighted by molar-refractivity contribution is 0.0473. The van der Waals surface area contributed by atoms with Crippen LogP contribution in [0.5, 0.6) is 5.75 Å². The third-order valence-corrected chi connectivity index (χ3v) is 3.19. The van der Waals surface area contributed by atoms with Gasteiger partial charge in [0.2, 0.25) is 0 Å². The molecule has 0 aromatic heterocycles. The molecule has 0 radical (unpaired) electrons. The Labute approximate surface area is 126 Å². The number of methoxy groups -OCH3 is 1. The van der Waals surface area contributed by atoms with Gasteiger partial charge in [-0.1, -0.05) is 23.7 Å². The highest BCUT2D eigenvalue weighted by molar-refractivity contribution is 6.33. The molecule has 0 bridgehead atoms. The molecule has 0 heterocycles. The monoisotopic (exact) mass is 309 g/mol. The van der Waals surface area contributed by atoms with E-state index in [-0.39, 0.29) is 28.6 Å². The molecule has 0 unspecified atom stereocenters. The van der Waals surface area contributed by atoms with E-state index in [1.807, 2.05) is 0 Å². The van der Waals surface area contributed by atoms with E-state index in [9.17, 15) is 9.18 Å². The van der Waals surface area contributed by atoms with Gasteiger partial charge < -0.3 is 15.2 Å². The van der Waals surface area contributed by atoms with Gasteiger partial charge >= 0.3 is 5.97 Å². The number of nitrogens with two attached hydrogens (primary N) is 1. The molecule has 0 amide bonds. The van der Waals surface area contributed by atoms with E-state index in [0.717, 1.165) is 0 Å². The molecule has 2 N–H and O–H groups in total. The van der Waals surface area contributed by atoms with Crippen LogP contribution in [0, 0.1) is 5.82 Å². The number of hydrogen-bond acceptors (Lipinski definition) is 4. The van der Waals surface area contributed by atoms with Gasteiger partial charge in [0.05, 0.1) is 23.4 Å². The second-order valence-corrected chi connectivity index (χ2v) is 4.65. The second kappa shape index (κ2) is 6.45. The number of carbonyl (C=O) groups excluding carboxylic acids is 1. The van der Waals surface area contributed by atoms with Crippen LogP contribution in [0.15, 0.2) is 36.4 Å². The van der Waals surface area contributed by atoms with Crippen molar-refractivity contribution in [3.8, 4) is 5.75 Å². The molecule has 0 saturated carbocycles. The van der Waals surface area contributed by atoms with Gasteiger partial charge in [0.15, 0.2) is 11.6 Å². The van der Waals surface area contributed by atoms with Gasteiger partial charge in [-0.2, -0.15) is 0 Å². The fraction of sp³-hybridized carbons (Fsp3) is 0.133. The van der Waals surface area contributed by atoms with Crippen LogP contribution in [0.2, 0.25) is 5.02 Å². The van der Waals surface area contributed by atoms with Crippen LogP contribution in [0.3, 0.4) is 0 Å². The molecular weight excluding hydrogens is 297 g/mol.